The van der Waals surface area contributed by atoms with E-state index in [1.54, 1.807) is 0 Å². The van der Waals surface area contributed by atoms with E-state index >= 15 is 0 Å². The molecule has 2 rings (SSSR count). The number of hydrogen-bond donors (Lipinski definition) is 1. The minimum atomic E-state index is 0.297. The first-order valence-corrected chi connectivity index (χ1v) is 5.10. The highest BCUT2D eigenvalue weighted by Gasteiger charge is 2.36. The predicted octanol–water partition coefficient (Wildman–Crippen LogP) is 2.59. The molecule has 1 aromatic carbocycles. The molecule has 1 heteroatoms. The summed E-state index contributed by atoms with van der Waals surface area (Å²) in [6, 6.07) is 8.71. The minimum absolute atomic E-state index is 0.297. The second-order valence-electron chi connectivity index (χ2n) is 3.93. The van der Waals surface area contributed by atoms with Crippen molar-refractivity contribution in [2.24, 2.45) is 0 Å². The van der Waals surface area contributed by atoms with E-state index in [1.807, 2.05) is 0 Å². The molecule has 0 aliphatic carbocycles. The van der Waals surface area contributed by atoms with Crippen LogP contribution in [0.4, 0.5) is 0 Å². The maximum Gasteiger partial charge on any atom is 0.0446 e. The lowest BCUT2D eigenvalue weighted by atomic mass is 9.77. The average molecular weight is 175 g/mol. The predicted molar refractivity (Wildman–Crippen MR) is 55.8 cm³/mol. The maximum absolute atomic E-state index is 3.57. The molecule has 13 heavy (non-hydrogen) atoms. The van der Waals surface area contributed by atoms with Gasteiger partial charge in [0.15, 0.2) is 0 Å². The fourth-order valence-corrected chi connectivity index (χ4v) is 2.26. The van der Waals surface area contributed by atoms with E-state index < -0.39 is 0 Å². The number of hydrogen-bond acceptors (Lipinski definition) is 1. The van der Waals surface area contributed by atoms with Crippen LogP contribution in [0.15, 0.2) is 24.3 Å². The normalized spacial score (nSPS) is 26.9. The van der Waals surface area contributed by atoms with Crippen LogP contribution in [-0.2, 0) is 5.54 Å². The largest absolute Gasteiger partial charge is 0.307 e. The zero-order chi connectivity index (χ0) is 9.31. The van der Waals surface area contributed by atoms with Gasteiger partial charge in [0.2, 0.25) is 0 Å². The van der Waals surface area contributed by atoms with Gasteiger partial charge in [0.05, 0.1) is 0 Å². The van der Waals surface area contributed by atoms with Gasteiger partial charge in [-0.3, -0.25) is 0 Å². The molecule has 1 aliphatic heterocycles. The average Bonchev–Trinajstić information content (AvgIpc) is 2.07. The second-order valence-corrected chi connectivity index (χ2v) is 3.93. The zero-order valence-electron chi connectivity index (χ0n) is 8.43. The van der Waals surface area contributed by atoms with Crippen molar-refractivity contribution in [3.05, 3.63) is 35.4 Å². The molecule has 0 radical (unpaired) electrons. The lowest BCUT2D eigenvalue weighted by molar-refractivity contribution is 0.200. The Kier molecular flexibility index (Phi) is 2.12. The highest BCUT2D eigenvalue weighted by atomic mass is 15.0. The highest BCUT2D eigenvalue weighted by molar-refractivity contribution is 5.34. The van der Waals surface area contributed by atoms with Crippen LogP contribution >= 0.6 is 0 Å². The summed E-state index contributed by atoms with van der Waals surface area (Å²) in [5, 5.41) is 3.57. The molecule has 1 saturated heterocycles. The summed E-state index contributed by atoms with van der Waals surface area (Å²) in [5.41, 5.74) is 3.20. The Labute approximate surface area is 80.2 Å². The molecule has 1 nitrogen and oxygen atoms in total. The summed E-state index contributed by atoms with van der Waals surface area (Å²) in [4.78, 5) is 0. The van der Waals surface area contributed by atoms with Crippen molar-refractivity contribution in [3.63, 3.8) is 0 Å². The molecule has 1 fully saturated rings. The molecular formula is C12H17N. The molecule has 1 atom stereocenters. The Balaban J connectivity index is 2.38. The van der Waals surface area contributed by atoms with E-state index in [1.165, 1.54) is 30.5 Å². The first-order chi connectivity index (χ1) is 6.28. The van der Waals surface area contributed by atoms with Gasteiger partial charge in [-0.05, 0) is 37.4 Å². The summed E-state index contributed by atoms with van der Waals surface area (Å²) < 4.78 is 0. The van der Waals surface area contributed by atoms with Gasteiger partial charge in [-0.1, -0.05) is 31.2 Å². The molecule has 0 saturated carbocycles. The lowest BCUT2D eigenvalue weighted by Crippen LogP contribution is -2.53. The topological polar surface area (TPSA) is 12.0 Å². The molecule has 1 aliphatic rings. The van der Waals surface area contributed by atoms with Gasteiger partial charge >= 0.3 is 0 Å². The van der Waals surface area contributed by atoms with Crippen LogP contribution in [0.5, 0.6) is 0 Å². The van der Waals surface area contributed by atoms with E-state index in [0.29, 0.717) is 5.54 Å². The minimum Gasteiger partial charge on any atom is -0.307 e. The number of rotatable bonds is 2. The van der Waals surface area contributed by atoms with Crippen molar-refractivity contribution in [1.82, 2.24) is 5.32 Å². The van der Waals surface area contributed by atoms with Crippen molar-refractivity contribution >= 4 is 0 Å². The van der Waals surface area contributed by atoms with E-state index in [2.05, 4.69) is 43.4 Å². The van der Waals surface area contributed by atoms with Gasteiger partial charge in [-0.2, -0.15) is 0 Å². The van der Waals surface area contributed by atoms with Gasteiger partial charge in [0.1, 0.15) is 0 Å². The lowest BCUT2D eigenvalue weighted by Gasteiger charge is -2.44. The first-order valence-electron chi connectivity index (χ1n) is 5.10. The Morgan fingerprint density at radius 3 is 2.54 bits per heavy atom. The second kappa shape index (κ2) is 3.15. The molecule has 1 unspecified atom stereocenters. The smallest absolute Gasteiger partial charge is 0.0446 e. The Hall–Kier alpha value is -0.820. The van der Waals surface area contributed by atoms with E-state index in [9.17, 15) is 0 Å². The van der Waals surface area contributed by atoms with Crippen LogP contribution in [0.2, 0.25) is 0 Å². The van der Waals surface area contributed by atoms with Crippen molar-refractivity contribution in [2.75, 3.05) is 6.54 Å². The molecule has 1 heterocycles. The third kappa shape index (κ3) is 1.28. The highest BCUT2D eigenvalue weighted by Crippen LogP contribution is 2.35. The van der Waals surface area contributed by atoms with Crippen LogP contribution in [0.3, 0.4) is 0 Å². The third-order valence-corrected chi connectivity index (χ3v) is 3.28. The van der Waals surface area contributed by atoms with E-state index in [-0.39, 0.29) is 0 Å². The fourth-order valence-electron chi connectivity index (χ4n) is 2.26. The molecule has 0 aromatic heterocycles. The van der Waals surface area contributed by atoms with Gasteiger partial charge in [0, 0.05) is 5.54 Å². The monoisotopic (exact) mass is 175 g/mol. The molecule has 0 bridgehead atoms. The van der Waals surface area contributed by atoms with Gasteiger partial charge < -0.3 is 5.32 Å². The summed E-state index contributed by atoms with van der Waals surface area (Å²) in [6.07, 6.45) is 2.48. The van der Waals surface area contributed by atoms with Crippen LogP contribution in [0, 0.1) is 6.92 Å². The van der Waals surface area contributed by atoms with Crippen LogP contribution in [-0.4, -0.2) is 6.54 Å². The zero-order valence-corrected chi connectivity index (χ0v) is 8.43. The molecule has 0 amide bonds. The molecule has 1 N–H and O–H groups in total. The molecule has 1 aromatic rings. The van der Waals surface area contributed by atoms with E-state index in [4.69, 9.17) is 0 Å². The number of nitrogens with one attached hydrogen (secondary N) is 1. The SMILES string of the molecule is CCC1(c2ccccc2C)CCN1. The van der Waals surface area contributed by atoms with Crippen LogP contribution in [0.1, 0.15) is 30.9 Å². The third-order valence-electron chi connectivity index (χ3n) is 3.28. The Morgan fingerprint density at radius 2 is 2.08 bits per heavy atom. The summed E-state index contributed by atoms with van der Waals surface area (Å²) >= 11 is 0. The van der Waals surface area contributed by atoms with E-state index in [0.717, 1.165) is 0 Å². The van der Waals surface area contributed by atoms with Gasteiger partial charge in [0.25, 0.3) is 0 Å². The van der Waals surface area contributed by atoms with Crippen LogP contribution in [0.25, 0.3) is 0 Å². The summed E-state index contributed by atoms with van der Waals surface area (Å²) in [7, 11) is 0. The van der Waals surface area contributed by atoms with Crippen molar-refractivity contribution < 1.29 is 0 Å². The van der Waals surface area contributed by atoms with Crippen LogP contribution < -0.4 is 5.32 Å². The standard InChI is InChI=1S/C12H17N/c1-3-12(8-9-13-12)11-7-5-4-6-10(11)2/h4-7,13H,3,8-9H2,1-2H3. The summed E-state index contributed by atoms with van der Waals surface area (Å²) in [6.45, 7) is 5.63. The fraction of sp³-hybridized carbons (Fsp3) is 0.500. The molecule has 70 valence electrons. The van der Waals surface area contributed by atoms with Crippen molar-refractivity contribution in [1.29, 1.82) is 0 Å². The van der Waals surface area contributed by atoms with Gasteiger partial charge in [-0.15, -0.1) is 0 Å². The molecule has 0 spiro atoms. The number of benzene rings is 1. The molecular weight excluding hydrogens is 158 g/mol. The van der Waals surface area contributed by atoms with Crippen molar-refractivity contribution in [2.45, 2.75) is 32.2 Å². The first kappa shape index (κ1) is 8.76. The van der Waals surface area contributed by atoms with Gasteiger partial charge in [-0.25, -0.2) is 0 Å². The maximum atomic E-state index is 3.57. The quantitative estimate of drug-likeness (QED) is 0.728. The number of aryl methyl sites for hydroxylation is 1. The summed E-state index contributed by atoms with van der Waals surface area (Å²) in [5.74, 6) is 0. The van der Waals surface area contributed by atoms with Crippen molar-refractivity contribution in [3.8, 4) is 0 Å². The Morgan fingerprint density at radius 1 is 1.38 bits per heavy atom. The Bertz CT molecular complexity index is 294.